The lowest BCUT2D eigenvalue weighted by Crippen LogP contribution is -2.55. The second-order valence-corrected chi connectivity index (χ2v) is 6.09. The summed E-state index contributed by atoms with van der Waals surface area (Å²) in [5.74, 6) is -0.940. The maximum absolute atomic E-state index is 11.4. The summed E-state index contributed by atoms with van der Waals surface area (Å²) in [4.78, 5) is 13.7. The maximum Gasteiger partial charge on any atom is 0.308 e. The summed E-state index contributed by atoms with van der Waals surface area (Å²) in [5.41, 5.74) is 2.23. The molecule has 3 nitrogen and oxygen atoms in total. The summed E-state index contributed by atoms with van der Waals surface area (Å²) in [6.07, 6.45) is 1.75. The molecular weight excluding hydrogens is 238 g/mol. The maximum atomic E-state index is 11.4. The van der Waals surface area contributed by atoms with E-state index >= 15 is 0 Å². The zero-order chi connectivity index (χ0) is 14.0. The predicted molar refractivity (Wildman–Crippen MR) is 76.0 cm³/mol. The predicted octanol–water partition coefficient (Wildman–Crippen LogP) is 3.07. The van der Waals surface area contributed by atoms with E-state index in [4.69, 9.17) is 0 Å². The first-order chi connectivity index (χ1) is 8.91. The molecule has 0 radical (unpaired) electrons. The average molecular weight is 261 g/mol. The number of carboxylic acid groups (broad SMARTS) is 1. The van der Waals surface area contributed by atoms with Crippen molar-refractivity contribution < 1.29 is 9.90 Å². The SMILES string of the molecule is Cc1ccc(CN2CCCC(C(=O)O)C2(C)C)cc1. The fourth-order valence-corrected chi connectivity index (χ4v) is 2.97. The Morgan fingerprint density at radius 1 is 1.37 bits per heavy atom. The number of rotatable bonds is 3. The third kappa shape index (κ3) is 2.98. The van der Waals surface area contributed by atoms with Gasteiger partial charge in [-0.2, -0.15) is 0 Å². The smallest absolute Gasteiger partial charge is 0.308 e. The lowest BCUT2D eigenvalue weighted by Gasteiger charge is -2.46. The number of carbonyl (C=O) groups is 1. The molecule has 0 spiro atoms. The number of aliphatic carboxylic acids is 1. The highest BCUT2D eigenvalue weighted by atomic mass is 16.4. The Bertz CT molecular complexity index is 450. The van der Waals surface area contributed by atoms with Crippen LogP contribution in [0.1, 0.15) is 37.8 Å². The highest BCUT2D eigenvalue weighted by Crippen LogP contribution is 2.34. The van der Waals surface area contributed by atoms with Crippen LogP contribution in [0.3, 0.4) is 0 Å². The van der Waals surface area contributed by atoms with Gasteiger partial charge in [-0.25, -0.2) is 0 Å². The van der Waals surface area contributed by atoms with E-state index in [0.29, 0.717) is 0 Å². The fraction of sp³-hybridized carbons (Fsp3) is 0.562. The zero-order valence-electron chi connectivity index (χ0n) is 12.0. The normalized spacial score (nSPS) is 23.2. The van der Waals surface area contributed by atoms with Crippen molar-refractivity contribution in [3.05, 3.63) is 35.4 Å². The van der Waals surface area contributed by atoms with E-state index < -0.39 is 5.97 Å². The van der Waals surface area contributed by atoms with Gasteiger partial charge in [0, 0.05) is 12.1 Å². The molecule has 3 heteroatoms. The van der Waals surface area contributed by atoms with E-state index in [1.54, 1.807) is 0 Å². The van der Waals surface area contributed by atoms with Gasteiger partial charge < -0.3 is 5.11 Å². The van der Waals surface area contributed by atoms with Gasteiger partial charge in [-0.15, -0.1) is 0 Å². The lowest BCUT2D eigenvalue weighted by molar-refractivity contribution is -0.150. The van der Waals surface area contributed by atoms with E-state index in [9.17, 15) is 9.90 Å². The van der Waals surface area contributed by atoms with Gasteiger partial charge in [-0.3, -0.25) is 9.69 Å². The fourth-order valence-electron chi connectivity index (χ4n) is 2.97. The average Bonchev–Trinajstić information content (AvgIpc) is 2.33. The molecular formula is C16H23NO2. The first-order valence-electron chi connectivity index (χ1n) is 6.94. The number of carboxylic acids is 1. The summed E-state index contributed by atoms with van der Waals surface area (Å²) in [5, 5.41) is 9.37. The molecule has 1 fully saturated rings. The summed E-state index contributed by atoms with van der Waals surface area (Å²) in [6, 6.07) is 8.49. The molecule has 0 amide bonds. The molecule has 1 saturated heterocycles. The van der Waals surface area contributed by atoms with Crippen LogP contribution >= 0.6 is 0 Å². The Kier molecular flexibility index (Phi) is 3.95. The van der Waals surface area contributed by atoms with Gasteiger partial charge in [0.2, 0.25) is 0 Å². The Morgan fingerprint density at radius 3 is 2.58 bits per heavy atom. The van der Waals surface area contributed by atoms with Crippen molar-refractivity contribution in [1.82, 2.24) is 4.90 Å². The number of hydrogen-bond acceptors (Lipinski definition) is 2. The van der Waals surface area contributed by atoms with Crippen LogP contribution < -0.4 is 0 Å². The van der Waals surface area contributed by atoms with E-state index in [1.807, 2.05) is 0 Å². The summed E-state index contributed by atoms with van der Waals surface area (Å²) < 4.78 is 0. The topological polar surface area (TPSA) is 40.5 Å². The van der Waals surface area contributed by atoms with Crippen molar-refractivity contribution in [2.24, 2.45) is 5.92 Å². The van der Waals surface area contributed by atoms with E-state index in [1.165, 1.54) is 11.1 Å². The van der Waals surface area contributed by atoms with Gasteiger partial charge in [0.05, 0.1) is 5.92 Å². The monoisotopic (exact) mass is 261 g/mol. The van der Waals surface area contributed by atoms with Crippen molar-refractivity contribution in [2.75, 3.05) is 6.54 Å². The van der Waals surface area contributed by atoms with Crippen molar-refractivity contribution in [3.63, 3.8) is 0 Å². The molecule has 1 aromatic carbocycles. The van der Waals surface area contributed by atoms with Crippen LogP contribution in [0.4, 0.5) is 0 Å². The molecule has 0 aromatic heterocycles. The van der Waals surface area contributed by atoms with Gasteiger partial charge in [0.1, 0.15) is 0 Å². The highest BCUT2D eigenvalue weighted by molar-refractivity contribution is 5.71. The van der Waals surface area contributed by atoms with Crippen molar-refractivity contribution in [3.8, 4) is 0 Å². The van der Waals surface area contributed by atoms with Crippen molar-refractivity contribution in [2.45, 2.75) is 45.7 Å². The summed E-state index contributed by atoms with van der Waals surface area (Å²) in [6.45, 7) is 8.00. The number of likely N-dealkylation sites (tertiary alicyclic amines) is 1. The molecule has 2 rings (SSSR count). The molecule has 1 heterocycles. The molecule has 1 N–H and O–H groups in total. The minimum atomic E-state index is -0.668. The number of aryl methyl sites for hydroxylation is 1. The Hall–Kier alpha value is -1.35. The van der Waals surface area contributed by atoms with Crippen LogP contribution in [-0.4, -0.2) is 28.1 Å². The van der Waals surface area contributed by atoms with Crippen LogP contribution in [-0.2, 0) is 11.3 Å². The molecule has 104 valence electrons. The first-order valence-corrected chi connectivity index (χ1v) is 6.94. The number of hydrogen-bond donors (Lipinski definition) is 1. The van der Waals surface area contributed by atoms with Gasteiger partial charge in [-0.05, 0) is 45.7 Å². The number of piperidine rings is 1. The van der Waals surface area contributed by atoms with Crippen LogP contribution in [0, 0.1) is 12.8 Å². The standard InChI is InChI=1S/C16H23NO2/c1-12-6-8-13(9-7-12)11-17-10-4-5-14(15(18)19)16(17,2)3/h6-9,14H,4-5,10-11H2,1-3H3,(H,18,19). The zero-order valence-corrected chi connectivity index (χ0v) is 12.0. The Labute approximate surface area is 115 Å². The molecule has 0 saturated carbocycles. The minimum absolute atomic E-state index is 0.272. The van der Waals surface area contributed by atoms with Crippen LogP contribution in [0.25, 0.3) is 0 Å². The number of benzene rings is 1. The van der Waals surface area contributed by atoms with E-state index in [-0.39, 0.29) is 11.5 Å². The minimum Gasteiger partial charge on any atom is -0.481 e. The summed E-state index contributed by atoms with van der Waals surface area (Å²) in [7, 11) is 0. The molecule has 1 aliphatic heterocycles. The molecule has 19 heavy (non-hydrogen) atoms. The third-order valence-electron chi connectivity index (χ3n) is 4.38. The van der Waals surface area contributed by atoms with Crippen molar-refractivity contribution in [1.29, 1.82) is 0 Å². The third-order valence-corrected chi connectivity index (χ3v) is 4.38. The van der Waals surface area contributed by atoms with Crippen LogP contribution in [0.5, 0.6) is 0 Å². The van der Waals surface area contributed by atoms with Gasteiger partial charge in [0.15, 0.2) is 0 Å². The van der Waals surface area contributed by atoms with Gasteiger partial charge in [0.25, 0.3) is 0 Å². The molecule has 0 bridgehead atoms. The molecule has 1 atom stereocenters. The molecule has 1 aromatic rings. The molecule has 1 aliphatic rings. The van der Waals surface area contributed by atoms with Crippen LogP contribution in [0.2, 0.25) is 0 Å². The largest absolute Gasteiger partial charge is 0.481 e. The Balaban J connectivity index is 2.14. The Morgan fingerprint density at radius 2 is 2.00 bits per heavy atom. The molecule has 0 aliphatic carbocycles. The van der Waals surface area contributed by atoms with Crippen molar-refractivity contribution >= 4 is 5.97 Å². The van der Waals surface area contributed by atoms with E-state index in [0.717, 1.165) is 25.9 Å². The number of nitrogens with zero attached hydrogens (tertiary/aromatic N) is 1. The quantitative estimate of drug-likeness (QED) is 0.909. The van der Waals surface area contributed by atoms with Gasteiger partial charge in [-0.1, -0.05) is 29.8 Å². The summed E-state index contributed by atoms with van der Waals surface area (Å²) >= 11 is 0. The first kappa shape index (κ1) is 14.1. The lowest BCUT2D eigenvalue weighted by atomic mass is 9.79. The second kappa shape index (κ2) is 5.33. The second-order valence-electron chi connectivity index (χ2n) is 6.09. The van der Waals surface area contributed by atoms with Crippen LogP contribution in [0.15, 0.2) is 24.3 Å². The van der Waals surface area contributed by atoms with E-state index in [2.05, 4.69) is 49.9 Å². The van der Waals surface area contributed by atoms with Gasteiger partial charge >= 0.3 is 5.97 Å². The molecule has 1 unspecified atom stereocenters. The highest BCUT2D eigenvalue weighted by Gasteiger charge is 2.42.